The molecule has 2 aromatic rings. The molecule has 2 aromatic carbocycles. The molecular formula is C20H18FN3O6S. The number of halogens is 1. The average Bonchev–Trinajstić information content (AvgIpc) is 3.34. The van der Waals surface area contributed by atoms with Crippen molar-refractivity contribution in [3.63, 3.8) is 0 Å². The normalized spacial score (nSPS) is 19.1. The molecule has 2 aliphatic rings. The number of nitrogens with zero attached hydrogens (tertiary/aromatic N) is 3. The molecular weight excluding hydrogens is 429 g/mol. The van der Waals surface area contributed by atoms with E-state index in [4.69, 9.17) is 0 Å². The minimum Gasteiger partial charge on any atom is -0.300 e. The molecule has 11 heteroatoms. The van der Waals surface area contributed by atoms with Crippen molar-refractivity contribution in [1.82, 2.24) is 4.31 Å². The second kappa shape index (κ2) is 7.82. The molecule has 0 saturated carbocycles. The fourth-order valence-electron chi connectivity index (χ4n) is 3.92. The molecule has 2 aliphatic heterocycles. The Morgan fingerprint density at radius 1 is 1.13 bits per heavy atom. The number of hydrogen-bond donors (Lipinski definition) is 0. The fraction of sp³-hybridized carbons (Fsp3) is 0.300. The number of carbonyl (C=O) groups excluding carboxylic acids is 2. The number of sulfonamides is 1. The Labute approximate surface area is 177 Å². The van der Waals surface area contributed by atoms with Crippen LogP contribution in [0.25, 0.3) is 0 Å². The van der Waals surface area contributed by atoms with Crippen molar-refractivity contribution in [2.24, 2.45) is 0 Å². The maximum atomic E-state index is 13.2. The molecule has 2 heterocycles. The van der Waals surface area contributed by atoms with Gasteiger partial charge in [-0.1, -0.05) is 12.1 Å². The summed E-state index contributed by atoms with van der Waals surface area (Å²) in [5.41, 5.74) is 0.690. The van der Waals surface area contributed by atoms with Crippen LogP contribution in [-0.4, -0.2) is 48.6 Å². The van der Waals surface area contributed by atoms with E-state index in [0.29, 0.717) is 18.4 Å². The standard InChI is InChI=1S/C20H18FN3O6S/c21-11-15-2-1-9-23(15)31(29,30)16-7-8-18-17(10-16)19(25)20(26)22(18)12-13-3-5-14(6-4-13)24(27)28/h3-8,10,15H,1-2,9,11-12H2/t15-/m0/s1. The zero-order chi connectivity index (χ0) is 22.3. The van der Waals surface area contributed by atoms with Crippen LogP contribution in [0.3, 0.4) is 0 Å². The summed E-state index contributed by atoms with van der Waals surface area (Å²) in [7, 11) is -4.00. The van der Waals surface area contributed by atoms with Crippen LogP contribution < -0.4 is 4.90 Å². The molecule has 1 saturated heterocycles. The van der Waals surface area contributed by atoms with Gasteiger partial charge in [-0.25, -0.2) is 12.8 Å². The van der Waals surface area contributed by atoms with Gasteiger partial charge in [-0.05, 0) is 36.6 Å². The Balaban J connectivity index is 1.64. The van der Waals surface area contributed by atoms with E-state index >= 15 is 0 Å². The second-order valence-corrected chi connectivity index (χ2v) is 9.28. The van der Waals surface area contributed by atoms with Gasteiger partial charge in [0, 0.05) is 18.7 Å². The summed E-state index contributed by atoms with van der Waals surface area (Å²) in [5.74, 6) is -1.65. The third-order valence-electron chi connectivity index (χ3n) is 5.54. The van der Waals surface area contributed by atoms with Crippen molar-refractivity contribution >= 4 is 33.1 Å². The highest BCUT2D eigenvalue weighted by Gasteiger charge is 2.39. The van der Waals surface area contributed by atoms with Crippen molar-refractivity contribution in [1.29, 1.82) is 0 Å². The van der Waals surface area contributed by atoms with E-state index < -0.39 is 39.4 Å². The number of benzene rings is 2. The maximum Gasteiger partial charge on any atom is 0.299 e. The number of alkyl halides is 1. The molecule has 0 aliphatic carbocycles. The van der Waals surface area contributed by atoms with Gasteiger partial charge in [0.25, 0.3) is 17.4 Å². The van der Waals surface area contributed by atoms with Gasteiger partial charge in [0.05, 0.1) is 33.7 Å². The van der Waals surface area contributed by atoms with Gasteiger partial charge in [0.2, 0.25) is 10.0 Å². The van der Waals surface area contributed by atoms with Crippen LogP contribution >= 0.6 is 0 Å². The predicted molar refractivity (Wildman–Crippen MR) is 108 cm³/mol. The van der Waals surface area contributed by atoms with Gasteiger partial charge in [-0.15, -0.1) is 0 Å². The van der Waals surface area contributed by atoms with Crippen molar-refractivity contribution in [3.05, 3.63) is 63.7 Å². The molecule has 0 N–H and O–H groups in total. The fourth-order valence-corrected chi connectivity index (χ4v) is 5.62. The van der Waals surface area contributed by atoms with Gasteiger partial charge in [-0.3, -0.25) is 19.7 Å². The Morgan fingerprint density at radius 2 is 1.84 bits per heavy atom. The first-order valence-electron chi connectivity index (χ1n) is 9.55. The number of non-ortho nitro benzene ring substituents is 1. The SMILES string of the molecule is O=C1C(=O)N(Cc2ccc([N+](=O)[O-])cc2)c2ccc(S(=O)(=O)N3CCC[C@H]3CF)cc21. The molecule has 31 heavy (non-hydrogen) atoms. The lowest BCUT2D eigenvalue weighted by molar-refractivity contribution is -0.384. The molecule has 0 aromatic heterocycles. The molecule has 4 rings (SSSR count). The highest BCUT2D eigenvalue weighted by molar-refractivity contribution is 7.89. The van der Waals surface area contributed by atoms with Crippen LogP contribution in [0, 0.1) is 10.1 Å². The predicted octanol–water partition coefficient (Wildman–Crippen LogP) is 2.45. The van der Waals surface area contributed by atoms with Gasteiger partial charge >= 0.3 is 0 Å². The summed E-state index contributed by atoms with van der Waals surface area (Å²) in [5, 5.41) is 10.8. The van der Waals surface area contributed by atoms with E-state index in [-0.39, 0.29) is 34.9 Å². The molecule has 162 valence electrons. The number of amides is 1. The molecule has 1 amide bonds. The molecule has 1 fully saturated rings. The highest BCUT2D eigenvalue weighted by Crippen LogP contribution is 2.34. The van der Waals surface area contributed by atoms with E-state index in [1.54, 1.807) is 0 Å². The number of hydrogen-bond acceptors (Lipinski definition) is 6. The summed E-state index contributed by atoms with van der Waals surface area (Å²) in [6.07, 6.45) is 0.986. The summed E-state index contributed by atoms with van der Waals surface area (Å²) >= 11 is 0. The minimum atomic E-state index is -4.00. The third-order valence-corrected chi connectivity index (χ3v) is 7.49. The lowest BCUT2D eigenvalue weighted by atomic mass is 10.1. The summed E-state index contributed by atoms with van der Waals surface area (Å²) in [4.78, 5) is 36.3. The van der Waals surface area contributed by atoms with Crippen LogP contribution in [0.5, 0.6) is 0 Å². The van der Waals surface area contributed by atoms with Crippen LogP contribution in [0.4, 0.5) is 15.8 Å². The number of nitro benzene ring substituents is 1. The number of rotatable bonds is 6. The number of anilines is 1. The Bertz CT molecular complexity index is 1180. The zero-order valence-corrected chi connectivity index (χ0v) is 17.0. The monoisotopic (exact) mass is 447 g/mol. The summed E-state index contributed by atoms with van der Waals surface area (Å²) < 4.78 is 40.2. The number of ketones is 1. The van der Waals surface area contributed by atoms with Crippen molar-refractivity contribution in [3.8, 4) is 0 Å². The lowest BCUT2D eigenvalue weighted by Gasteiger charge is -2.22. The first-order chi connectivity index (χ1) is 14.7. The van der Waals surface area contributed by atoms with Crippen LogP contribution in [0.2, 0.25) is 0 Å². The Hall–Kier alpha value is -3.18. The minimum absolute atomic E-state index is 0.00227. The summed E-state index contributed by atoms with van der Waals surface area (Å²) in [6.45, 7) is -0.588. The molecule has 0 unspecified atom stereocenters. The van der Waals surface area contributed by atoms with E-state index in [9.17, 15) is 32.5 Å². The van der Waals surface area contributed by atoms with E-state index in [1.807, 2.05) is 0 Å². The van der Waals surface area contributed by atoms with Crippen LogP contribution in [0.15, 0.2) is 47.4 Å². The molecule has 0 spiro atoms. The average molecular weight is 447 g/mol. The first kappa shape index (κ1) is 21.1. The molecule has 1 atom stereocenters. The second-order valence-electron chi connectivity index (χ2n) is 7.39. The van der Waals surface area contributed by atoms with Crippen molar-refractivity contribution < 1.29 is 27.3 Å². The van der Waals surface area contributed by atoms with Crippen molar-refractivity contribution in [2.75, 3.05) is 18.1 Å². The largest absolute Gasteiger partial charge is 0.300 e. The van der Waals surface area contributed by atoms with Gasteiger partial charge in [-0.2, -0.15) is 4.31 Å². The molecule has 9 nitrogen and oxygen atoms in total. The van der Waals surface area contributed by atoms with E-state index in [0.717, 1.165) is 10.4 Å². The highest BCUT2D eigenvalue weighted by atomic mass is 32.2. The van der Waals surface area contributed by atoms with Crippen LogP contribution in [-0.2, 0) is 21.4 Å². The number of Topliss-reactive ketones (excluding diaryl/α,β-unsaturated/α-hetero) is 1. The van der Waals surface area contributed by atoms with E-state index in [1.165, 1.54) is 41.3 Å². The van der Waals surface area contributed by atoms with Gasteiger partial charge in [0.1, 0.15) is 6.67 Å². The zero-order valence-electron chi connectivity index (χ0n) is 16.2. The number of fused-ring (bicyclic) bond motifs is 1. The molecule has 0 radical (unpaired) electrons. The Kier molecular flexibility index (Phi) is 5.31. The quantitative estimate of drug-likeness (QED) is 0.381. The maximum absolute atomic E-state index is 13.2. The molecule has 0 bridgehead atoms. The smallest absolute Gasteiger partial charge is 0.299 e. The topological polar surface area (TPSA) is 118 Å². The first-order valence-corrected chi connectivity index (χ1v) is 11.0. The summed E-state index contributed by atoms with van der Waals surface area (Å²) in [6, 6.07) is 8.68. The van der Waals surface area contributed by atoms with Gasteiger partial charge < -0.3 is 4.90 Å². The van der Waals surface area contributed by atoms with E-state index in [2.05, 4.69) is 0 Å². The number of nitro groups is 1. The van der Waals surface area contributed by atoms with Gasteiger partial charge in [0.15, 0.2) is 0 Å². The van der Waals surface area contributed by atoms with Crippen LogP contribution in [0.1, 0.15) is 28.8 Å². The lowest BCUT2D eigenvalue weighted by Crippen LogP contribution is -2.36. The number of carbonyl (C=O) groups is 2. The van der Waals surface area contributed by atoms with Crippen molar-refractivity contribution in [2.45, 2.75) is 30.3 Å². The third kappa shape index (κ3) is 3.59. The Morgan fingerprint density at radius 3 is 2.48 bits per heavy atom.